The van der Waals surface area contributed by atoms with Gasteiger partial charge in [-0.1, -0.05) is 24.3 Å². The fourth-order valence-electron chi connectivity index (χ4n) is 1.63. The Kier molecular flexibility index (Phi) is 3.90. The molecule has 0 unspecified atom stereocenters. The van der Waals surface area contributed by atoms with E-state index in [-0.39, 0.29) is 6.04 Å². The van der Waals surface area contributed by atoms with E-state index < -0.39 is 0 Å². The maximum Gasteiger partial charge on any atom is 0.0300 e. The van der Waals surface area contributed by atoms with Crippen LogP contribution in [0.15, 0.2) is 30.9 Å². The quantitative estimate of drug-likeness (QED) is 0.723. The summed E-state index contributed by atoms with van der Waals surface area (Å²) in [5.41, 5.74) is 10.0. The number of aryl methyl sites for hydroxylation is 1. The molecule has 0 fully saturated rings. The van der Waals surface area contributed by atoms with Crippen LogP contribution in [0.4, 0.5) is 0 Å². The highest BCUT2D eigenvalue weighted by Crippen LogP contribution is 2.21. The van der Waals surface area contributed by atoms with Gasteiger partial charge in [-0.05, 0) is 43.4 Å². The number of rotatable bonds is 4. The van der Waals surface area contributed by atoms with Crippen molar-refractivity contribution in [2.24, 2.45) is 5.73 Å². The fraction of sp³-hybridized carbons (Fsp3) is 0.385. The summed E-state index contributed by atoms with van der Waals surface area (Å²) in [5, 5.41) is 0. The lowest BCUT2D eigenvalue weighted by molar-refractivity contribution is 0.657. The second-order valence-corrected chi connectivity index (χ2v) is 3.76. The van der Waals surface area contributed by atoms with E-state index in [1.54, 1.807) is 0 Å². The van der Waals surface area contributed by atoms with Gasteiger partial charge in [0.2, 0.25) is 0 Å². The van der Waals surface area contributed by atoms with Crippen LogP contribution in [-0.4, -0.2) is 0 Å². The van der Waals surface area contributed by atoms with E-state index in [1.807, 2.05) is 6.08 Å². The molecule has 0 amide bonds. The molecular weight excluding hydrogens is 170 g/mol. The zero-order valence-electron chi connectivity index (χ0n) is 9.09. The van der Waals surface area contributed by atoms with Gasteiger partial charge in [0.15, 0.2) is 0 Å². The third-order valence-electron chi connectivity index (χ3n) is 2.73. The van der Waals surface area contributed by atoms with Gasteiger partial charge < -0.3 is 5.73 Å². The molecule has 1 aromatic rings. The van der Waals surface area contributed by atoms with Crippen LogP contribution in [-0.2, 0) is 0 Å². The van der Waals surface area contributed by atoms with E-state index in [4.69, 9.17) is 5.73 Å². The zero-order chi connectivity index (χ0) is 10.6. The van der Waals surface area contributed by atoms with Crippen LogP contribution in [0, 0.1) is 13.8 Å². The molecule has 0 aliphatic carbocycles. The summed E-state index contributed by atoms with van der Waals surface area (Å²) in [6, 6.07) is 6.47. The van der Waals surface area contributed by atoms with Crippen LogP contribution >= 0.6 is 0 Å². The van der Waals surface area contributed by atoms with Crippen molar-refractivity contribution in [1.82, 2.24) is 0 Å². The molecule has 0 spiro atoms. The van der Waals surface area contributed by atoms with Gasteiger partial charge in [0, 0.05) is 6.04 Å². The molecule has 0 aromatic heterocycles. The Morgan fingerprint density at radius 1 is 1.43 bits per heavy atom. The summed E-state index contributed by atoms with van der Waals surface area (Å²) in [4.78, 5) is 0. The van der Waals surface area contributed by atoms with Crippen molar-refractivity contribution in [3.8, 4) is 0 Å². The van der Waals surface area contributed by atoms with Gasteiger partial charge in [-0.3, -0.25) is 0 Å². The predicted octanol–water partition coefficient (Wildman–Crippen LogP) is 3.27. The van der Waals surface area contributed by atoms with E-state index in [0.717, 1.165) is 12.8 Å². The van der Waals surface area contributed by atoms with E-state index in [0.29, 0.717) is 0 Å². The van der Waals surface area contributed by atoms with E-state index in [1.165, 1.54) is 16.7 Å². The molecule has 0 aliphatic rings. The summed E-state index contributed by atoms with van der Waals surface area (Å²) >= 11 is 0. The smallest absolute Gasteiger partial charge is 0.0300 e. The van der Waals surface area contributed by atoms with E-state index in [9.17, 15) is 0 Å². The number of hydrogen-bond donors (Lipinski definition) is 1. The molecule has 0 heterocycles. The zero-order valence-corrected chi connectivity index (χ0v) is 9.09. The third-order valence-corrected chi connectivity index (χ3v) is 2.73. The van der Waals surface area contributed by atoms with Crippen molar-refractivity contribution < 1.29 is 0 Å². The molecule has 2 N–H and O–H groups in total. The SMILES string of the molecule is C=CCC[C@H](N)c1cccc(C)c1C. The van der Waals surface area contributed by atoms with Crippen molar-refractivity contribution >= 4 is 0 Å². The number of allylic oxidation sites excluding steroid dienone is 1. The maximum atomic E-state index is 6.10. The van der Waals surface area contributed by atoms with Crippen molar-refractivity contribution in [3.05, 3.63) is 47.5 Å². The van der Waals surface area contributed by atoms with Crippen LogP contribution in [0.25, 0.3) is 0 Å². The summed E-state index contributed by atoms with van der Waals surface area (Å²) in [6.45, 7) is 7.97. The lowest BCUT2D eigenvalue weighted by Crippen LogP contribution is -2.11. The Bertz CT molecular complexity index is 315. The highest BCUT2D eigenvalue weighted by Gasteiger charge is 2.08. The molecule has 0 bridgehead atoms. The molecule has 0 aliphatic heterocycles. The van der Waals surface area contributed by atoms with E-state index >= 15 is 0 Å². The molecule has 1 nitrogen and oxygen atoms in total. The van der Waals surface area contributed by atoms with Crippen LogP contribution in [0.2, 0.25) is 0 Å². The first kappa shape index (κ1) is 11.0. The molecule has 76 valence electrons. The lowest BCUT2D eigenvalue weighted by atomic mass is 9.95. The van der Waals surface area contributed by atoms with Crippen LogP contribution in [0.1, 0.15) is 35.6 Å². The van der Waals surface area contributed by atoms with Gasteiger partial charge >= 0.3 is 0 Å². The first-order valence-electron chi connectivity index (χ1n) is 5.09. The summed E-state index contributed by atoms with van der Waals surface area (Å²) in [7, 11) is 0. The average Bonchev–Trinajstić information content (AvgIpc) is 2.18. The molecule has 1 heteroatoms. The summed E-state index contributed by atoms with van der Waals surface area (Å²) in [6.07, 6.45) is 3.88. The minimum Gasteiger partial charge on any atom is -0.324 e. The molecule has 1 rings (SSSR count). The predicted molar refractivity (Wildman–Crippen MR) is 62.3 cm³/mol. The average molecular weight is 189 g/mol. The van der Waals surface area contributed by atoms with Crippen molar-refractivity contribution in [3.63, 3.8) is 0 Å². The first-order chi connectivity index (χ1) is 6.66. The Hall–Kier alpha value is -1.08. The molecule has 0 radical (unpaired) electrons. The molecule has 0 saturated carbocycles. The maximum absolute atomic E-state index is 6.10. The first-order valence-corrected chi connectivity index (χ1v) is 5.09. The van der Waals surface area contributed by atoms with Crippen molar-refractivity contribution in [2.45, 2.75) is 32.7 Å². The normalized spacial score (nSPS) is 12.5. The van der Waals surface area contributed by atoms with Gasteiger partial charge in [0.1, 0.15) is 0 Å². The summed E-state index contributed by atoms with van der Waals surface area (Å²) < 4.78 is 0. The number of nitrogens with two attached hydrogens (primary N) is 1. The topological polar surface area (TPSA) is 26.0 Å². The Morgan fingerprint density at radius 3 is 2.79 bits per heavy atom. The highest BCUT2D eigenvalue weighted by molar-refractivity contribution is 5.35. The minimum absolute atomic E-state index is 0.146. The lowest BCUT2D eigenvalue weighted by Gasteiger charge is -2.15. The minimum atomic E-state index is 0.146. The van der Waals surface area contributed by atoms with Crippen LogP contribution in [0.5, 0.6) is 0 Å². The molecular formula is C13H19N. The monoisotopic (exact) mass is 189 g/mol. The molecule has 1 atom stereocenters. The highest BCUT2D eigenvalue weighted by atomic mass is 14.6. The van der Waals surface area contributed by atoms with Crippen LogP contribution < -0.4 is 5.73 Å². The Balaban J connectivity index is 2.83. The molecule has 14 heavy (non-hydrogen) atoms. The largest absolute Gasteiger partial charge is 0.324 e. The molecule has 0 saturated heterocycles. The van der Waals surface area contributed by atoms with Gasteiger partial charge in [-0.15, -0.1) is 6.58 Å². The van der Waals surface area contributed by atoms with Crippen molar-refractivity contribution in [2.75, 3.05) is 0 Å². The van der Waals surface area contributed by atoms with E-state index in [2.05, 4.69) is 38.6 Å². The Labute approximate surface area is 86.6 Å². The van der Waals surface area contributed by atoms with Gasteiger partial charge in [-0.25, -0.2) is 0 Å². The fourth-order valence-corrected chi connectivity index (χ4v) is 1.63. The number of hydrogen-bond acceptors (Lipinski definition) is 1. The Morgan fingerprint density at radius 2 is 2.14 bits per heavy atom. The third kappa shape index (κ3) is 2.46. The van der Waals surface area contributed by atoms with Gasteiger partial charge in [0.25, 0.3) is 0 Å². The second kappa shape index (κ2) is 4.97. The van der Waals surface area contributed by atoms with Gasteiger partial charge in [-0.2, -0.15) is 0 Å². The van der Waals surface area contributed by atoms with Crippen molar-refractivity contribution in [1.29, 1.82) is 0 Å². The molecule has 1 aromatic carbocycles. The summed E-state index contributed by atoms with van der Waals surface area (Å²) in [5.74, 6) is 0. The number of benzene rings is 1. The second-order valence-electron chi connectivity index (χ2n) is 3.76. The standard InChI is InChI=1S/C13H19N/c1-4-5-9-13(14)12-8-6-7-10(2)11(12)3/h4,6-8,13H,1,5,9,14H2,2-3H3/t13-/m0/s1. The van der Waals surface area contributed by atoms with Crippen LogP contribution in [0.3, 0.4) is 0 Å². The van der Waals surface area contributed by atoms with Gasteiger partial charge in [0.05, 0.1) is 0 Å².